The molecule has 0 saturated carbocycles. The molecule has 0 radical (unpaired) electrons. The molecule has 0 aliphatic rings. The van der Waals surface area contributed by atoms with Gasteiger partial charge in [-0.3, -0.25) is 4.68 Å². The molecule has 2 aromatic carbocycles. The summed E-state index contributed by atoms with van der Waals surface area (Å²) < 4.78 is 1.74. The largest absolute Gasteiger partial charge is 0.378 e. The Hall–Kier alpha value is -3.65. The third-order valence-corrected chi connectivity index (χ3v) is 4.95. The van der Waals surface area contributed by atoms with Crippen LogP contribution < -0.4 is 21.3 Å². The van der Waals surface area contributed by atoms with Crippen LogP contribution in [0.15, 0.2) is 60.8 Å². The van der Waals surface area contributed by atoms with E-state index in [4.69, 9.17) is 5.73 Å². The van der Waals surface area contributed by atoms with Gasteiger partial charge >= 0.3 is 0 Å². The fraction of sp³-hybridized carbons (Fsp3) is 0.227. The van der Waals surface area contributed by atoms with Crippen LogP contribution in [0.1, 0.15) is 11.6 Å². The Bertz CT molecular complexity index is 1120. The number of hydrogen-bond acceptors (Lipinski definition) is 7. The predicted molar refractivity (Wildman–Crippen MR) is 122 cm³/mol. The molecule has 4 rings (SSSR count). The van der Waals surface area contributed by atoms with Crippen molar-refractivity contribution >= 4 is 34.2 Å². The molecule has 154 valence electrons. The number of anilines is 4. The summed E-state index contributed by atoms with van der Waals surface area (Å²) in [4.78, 5) is 11.4. The standard InChI is InChI=1S/C22H26N8/c1-29(2)17-11-9-16(10-12-17)26-20-18-13-25-30(3)21(18)28-22(27-20)24-14-19(23)15-7-5-4-6-8-15/h4-13,19H,14,23H2,1-3H3,(H2,24,26,27,28). The van der Waals surface area contributed by atoms with Gasteiger partial charge in [0.2, 0.25) is 5.95 Å². The molecule has 0 aliphatic heterocycles. The lowest BCUT2D eigenvalue weighted by Gasteiger charge is -2.15. The van der Waals surface area contributed by atoms with Crippen LogP contribution in [0.4, 0.5) is 23.1 Å². The van der Waals surface area contributed by atoms with E-state index in [-0.39, 0.29) is 6.04 Å². The van der Waals surface area contributed by atoms with Crippen molar-refractivity contribution in [1.29, 1.82) is 0 Å². The first kappa shape index (κ1) is 19.7. The lowest BCUT2D eigenvalue weighted by Crippen LogP contribution is -2.21. The minimum absolute atomic E-state index is 0.160. The average Bonchev–Trinajstić information content (AvgIpc) is 3.14. The van der Waals surface area contributed by atoms with Gasteiger partial charge in [0.05, 0.1) is 11.6 Å². The zero-order chi connectivity index (χ0) is 21.1. The third-order valence-electron chi connectivity index (χ3n) is 4.95. The summed E-state index contributed by atoms with van der Waals surface area (Å²) in [6, 6.07) is 18.0. The Balaban J connectivity index is 1.58. The highest BCUT2D eigenvalue weighted by molar-refractivity contribution is 5.89. The zero-order valence-electron chi connectivity index (χ0n) is 17.4. The Labute approximate surface area is 175 Å². The highest BCUT2D eigenvalue weighted by Gasteiger charge is 2.13. The number of nitrogens with one attached hydrogen (secondary N) is 2. The van der Waals surface area contributed by atoms with Gasteiger partial charge in [0.25, 0.3) is 0 Å². The highest BCUT2D eigenvalue weighted by atomic mass is 15.3. The second-order valence-electron chi connectivity index (χ2n) is 7.37. The van der Waals surface area contributed by atoms with Crippen molar-refractivity contribution < 1.29 is 0 Å². The van der Waals surface area contributed by atoms with Crippen LogP contribution in [0.5, 0.6) is 0 Å². The van der Waals surface area contributed by atoms with Crippen LogP contribution in [-0.4, -0.2) is 40.4 Å². The molecule has 2 aromatic heterocycles. The number of nitrogens with two attached hydrogens (primary N) is 1. The van der Waals surface area contributed by atoms with Crippen molar-refractivity contribution in [3.63, 3.8) is 0 Å². The maximum atomic E-state index is 6.31. The summed E-state index contributed by atoms with van der Waals surface area (Å²) >= 11 is 0. The van der Waals surface area contributed by atoms with Crippen LogP contribution >= 0.6 is 0 Å². The molecule has 0 fully saturated rings. The topological polar surface area (TPSA) is 96.9 Å². The van der Waals surface area contributed by atoms with E-state index >= 15 is 0 Å². The molecule has 2 heterocycles. The normalized spacial score (nSPS) is 12.0. The average molecular weight is 403 g/mol. The number of aromatic nitrogens is 4. The van der Waals surface area contributed by atoms with E-state index in [0.717, 1.165) is 28.0 Å². The van der Waals surface area contributed by atoms with Crippen molar-refractivity contribution in [3.8, 4) is 0 Å². The quantitative estimate of drug-likeness (QED) is 0.436. The van der Waals surface area contributed by atoms with E-state index in [2.05, 4.69) is 42.7 Å². The number of hydrogen-bond donors (Lipinski definition) is 3. The number of nitrogens with zero attached hydrogens (tertiary/aromatic N) is 5. The second kappa shape index (κ2) is 8.38. The van der Waals surface area contributed by atoms with Gasteiger partial charge in [-0.05, 0) is 29.8 Å². The predicted octanol–water partition coefficient (Wildman–Crippen LogP) is 3.28. The monoisotopic (exact) mass is 402 g/mol. The number of rotatable bonds is 7. The van der Waals surface area contributed by atoms with E-state index in [1.807, 2.05) is 63.6 Å². The minimum atomic E-state index is -0.160. The Morgan fingerprint density at radius 1 is 1.03 bits per heavy atom. The fourth-order valence-electron chi connectivity index (χ4n) is 3.20. The van der Waals surface area contributed by atoms with E-state index in [1.165, 1.54) is 0 Å². The SMILES string of the molecule is CN(C)c1ccc(Nc2nc(NCC(N)c3ccccc3)nc3c2cnn3C)cc1. The van der Waals surface area contributed by atoms with Gasteiger partial charge < -0.3 is 21.3 Å². The van der Waals surface area contributed by atoms with E-state index < -0.39 is 0 Å². The summed E-state index contributed by atoms with van der Waals surface area (Å²) in [6.07, 6.45) is 1.77. The number of aryl methyl sites for hydroxylation is 1. The first-order valence-electron chi connectivity index (χ1n) is 9.80. The summed E-state index contributed by atoms with van der Waals surface area (Å²) in [6.45, 7) is 0.518. The maximum absolute atomic E-state index is 6.31. The molecule has 1 atom stereocenters. The van der Waals surface area contributed by atoms with Gasteiger partial charge in [-0.1, -0.05) is 30.3 Å². The number of fused-ring (bicyclic) bond motifs is 1. The Morgan fingerprint density at radius 3 is 2.47 bits per heavy atom. The molecule has 0 aliphatic carbocycles. The molecular weight excluding hydrogens is 376 g/mol. The van der Waals surface area contributed by atoms with Gasteiger partial charge in [0, 0.05) is 45.1 Å². The lowest BCUT2D eigenvalue weighted by atomic mass is 10.1. The zero-order valence-corrected chi connectivity index (χ0v) is 17.4. The molecule has 0 amide bonds. The smallest absolute Gasteiger partial charge is 0.226 e. The van der Waals surface area contributed by atoms with Crippen molar-refractivity contribution in [3.05, 3.63) is 66.4 Å². The first-order valence-corrected chi connectivity index (χ1v) is 9.80. The van der Waals surface area contributed by atoms with Crippen LogP contribution in [0, 0.1) is 0 Å². The van der Waals surface area contributed by atoms with E-state index in [1.54, 1.807) is 10.9 Å². The van der Waals surface area contributed by atoms with Crippen molar-refractivity contribution in [2.45, 2.75) is 6.04 Å². The Kier molecular flexibility index (Phi) is 5.49. The molecule has 8 heteroatoms. The molecule has 4 aromatic rings. The molecule has 1 unspecified atom stereocenters. The molecule has 0 spiro atoms. The number of benzene rings is 2. The van der Waals surface area contributed by atoms with E-state index in [9.17, 15) is 0 Å². The Morgan fingerprint density at radius 2 is 1.77 bits per heavy atom. The molecule has 4 N–H and O–H groups in total. The van der Waals surface area contributed by atoms with Gasteiger partial charge in [0.15, 0.2) is 5.65 Å². The van der Waals surface area contributed by atoms with Gasteiger partial charge in [-0.2, -0.15) is 15.1 Å². The third kappa shape index (κ3) is 4.18. The minimum Gasteiger partial charge on any atom is -0.378 e. The van der Waals surface area contributed by atoms with Crippen molar-refractivity contribution in [2.75, 3.05) is 36.2 Å². The van der Waals surface area contributed by atoms with Crippen molar-refractivity contribution in [1.82, 2.24) is 19.7 Å². The van der Waals surface area contributed by atoms with Crippen LogP contribution in [0.3, 0.4) is 0 Å². The summed E-state index contributed by atoms with van der Waals surface area (Å²) in [5, 5.41) is 11.8. The summed E-state index contributed by atoms with van der Waals surface area (Å²) in [5.41, 5.74) is 10.2. The lowest BCUT2D eigenvalue weighted by molar-refractivity contribution is 0.756. The van der Waals surface area contributed by atoms with Crippen LogP contribution in [0.2, 0.25) is 0 Å². The highest BCUT2D eigenvalue weighted by Crippen LogP contribution is 2.26. The fourth-order valence-corrected chi connectivity index (χ4v) is 3.20. The summed E-state index contributed by atoms with van der Waals surface area (Å²) in [7, 11) is 5.90. The van der Waals surface area contributed by atoms with E-state index in [0.29, 0.717) is 18.3 Å². The molecule has 0 saturated heterocycles. The molecular formula is C22H26N8. The second-order valence-corrected chi connectivity index (χ2v) is 7.37. The van der Waals surface area contributed by atoms with Crippen LogP contribution in [0.25, 0.3) is 11.0 Å². The van der Waals surface area contributed by atoms with Gasteiger partial charge in [-0.25, -0.2) is 0 Å². The van der Waals surface area contributed by atoms with Gasteiger partial charge in [0.1, 0.15) is 5.82 Å². The van der Waals surface area contributed by atoms with Crippen molar-refractivity contribution in [2.24, 2.45) is 12.8 Å². The van der Waals surface area contributed by atoms with Crippen LogP contribution in [-0.2, 0) is 7.05 Å². The molecule has 30 heavy (non-hydrogen) atoms. The van der Waals surface area contributed by atoms with Gasteiger partial charge in [-0.15, -0.1) is 0 Å². The molecule has 0 bridgehead atoms. The first-order chi connectivity index (χ1) is 14.5. The maximum Gasteiger partial charge on any atom is 0.226 e. The molecule has 8 nitrogen and oxygen atoms in total. The summed E-state index contributed by atoms with van der Waals surface area (Å²) in [5.74, 6) is 1.20.